The van der Waals surface area contributed by atoms with Gasteiger partial charge in [0.25, 0.3) is 0 Å². The van der Waals surface area contributed by atoms with Crippen molar-refractivity contribution in [3.63, 3.8) is 0 Å². The Kier molecular flexibility index (Phi) is 5.84. The molecule has 2 unspecified atom stereocenters. The van der Waals surface area contributed by atoms with E-state index < -0.39 is 6.10 Å². The summed E-state index contributed by atoms with van der Waals surface area (Å²) in [4.78, 5) is 9.10. The third-order valence-corrected chi connectivity index (χ3v) is 5.18. The van der Waals surface area contributed by atoms with Gasteiger partial charge < -0.3 is 5.11 Å². The highest BCUT2D eigenvalue weighted by Crippen LogP contribution is 2.22. The first kappa shape index (κ1) is 18.1. The van der Waals surface area contributed by atoms with Crippen molar-refractivity contribution in [2.75, 3.05) is 32.7 Å². The number of nitrogens with zero attached hydrogens (tertiary/aromatic N) is 3. The van der Waals surface area contributed by atoms with E-state index >= 15 is 0 Å². The van der Waals surface area contributed by atoms with Gasteiger partial charge in [0, 0.05) is 51.2 Å². The molecule has 1 N–H and O–H groups in total. The molecule has 1 aliphatic heterocycles. The molecule has 1 saturated heterocycles. The highest BCUT2D eigenvalue weighted by atomic mass is 16.3. The summed E-state index contributed by atoms with van der Waals surface area (Å²) < 4.78 is 0. The Bertz CT molecular complexity index is 661. The van der Waals surface area contributed by atoms with Gasteiger partial charge in [0.15, 0.2) is 0 Å². The molecule has 134 valence electrons. The molecule has 2 aromatic rings. The van der Waals surface area contributed by atoms with E-state index in [0.717, 1.165) is 31.7 Å². The smallest absolute Gasteiger partial charge is 0.0917 e. The summed E-state index contributed by atoms with van der Waals surface area (Å²) in [5.41, 5.74) is 4.73. The lowest BCUT2D eigenvalue weighted by molar-refractivity contribution is 0.0588. The summed E-state index contributed by atoms with van der Waals surface area (Å²) >= 11 is 0. The maximum absolute atomic E-state index is 10.6. The van der Waals surface area contributed by atoms with Crippen molar-refractivity contribution >= 4 is 0 Å². The van der Waals surface area contributed by atoms with Gasteiger partial charge in [0.05, 0.1) is 6.10 Å². The molecule has 2 heterocycles. The van der Waals surface area contributed by atoms with Gasteiger partial charge in [0.1, 0.15) is 0 Å². The van der Waals surface area contributed by atoms with Crippen molar-refractivity contribution in [2.24, 2.45) is 0 Å². The molecule has 0 spiro atoms. The molecule has 4 heteroatoms. The molecule has 0 radical (unpaired) electrons. The molecule has 1 aromatic carbocycles. The van der Waals surface area contributed by atoms with Crippen molar-refractivity contribution in [2.45, 2.75) is 32.9 Å². The predicted octanol–water partition coefficient (Wildman–Crippen LogP) is 3.11. The number of pyridine rings is 1. The second-order valence-corrected chi connectivity index (χ2v) is 7.24. The van der Waals surface area contributed by atoms with Crippen LogP contribution in [-0.2, 0) is 0 Å². The van der Waals surface area contributed by atoms with Crippen LogP contribution in [0.3, 0.4) is 0 Å². The average molecular weight is 339 g/mol. The Hall–Kier alpha value is -1.75. The lowest BCUT2D eigenvalue weighted by Gasteiger charge is -2.38. The van der Waals surface area contributed by atoms with Crippen LogP contribution in [-0.4, -0.2) is 52.6 Å². The monoisotopic (exact) mass is 339 g/mol. The summed E-state index contributed by atoms with van der Waals surface area (Å²) in [7, 11) is 0. The number of rotatable bonds is 5. The highest BCUT2D eigenvalue weighted by molar-refractivity contribution is 5.30. The fraction of sp³-hybridized carbons (Fsp3) is 0.476. The van der Waals surface area contributed by atoms with Gasteiger partial charge in [0.2, 0.25) is 0 Å². The van der Waals surface area contributed by atoms with Gasteiger partial charge in [-0.25, -0.2) is 0 Å². The van der Waals surface area contributed by atoms with Crippen LogP contribution in [0.4, 0.5) is 0 Å². The third kappa shape index (κ3) is 4.66. The van der Waals surface area contributed by atoms with Crippen LogP contribution in [0.25, 0.3) is 0 Å². The molecule has 0 amide bonds. The Balaban J connectivity index is 1.54. The van der Waals surface area contributed by atoms with Crippen LogP contribution in [0.15, 0.2) is 42.7 Å². The van der Waals surface area contributed by atoms with Crippen LogP contribution in [0.5, 0.6) is 0 Å². The van der Waals surface area contributed by atoms with Crippen molar-refractivity contribution in [3.8, 4) is 0 Å². The number of hydrogen-bond donors (Lipinski definition) is 1. The average Bonchev–Trinajstić information content (AvgIpc) is 2.61. The van der Waals surface area contributed by atoms with Crippen LogP contribution in [0.1, 0.15) is 41.3 Å². The molecule has 2 atom stereocenters. The van der Waals surface area contributed by atoms with Gasteiger partial charge in [-0.05, 0) is 38.0 Å². The molecule has 4 nitrogen and oxygen atoms in total. The maximum Gasteiger partial charge on any atom is 0.0917 e. The quantitative estimate of drug-likeness (QED) is 0.909. The zero-order chi connectivity index (χ0) is 17.8. The summed E-state index contributed by atoms with van der Waals surface area (Å²) in [6.07, 6.45) is 3.37. The fourth-order valence-electron chi connectivity index (χ4n) is 3.72. The van der Waals surface area contributed by atoms with E-state index in [4.69, 9.17) is 0 Å². The molecular weight excluding hydrogens is 310 g/mol. The Morgan fingerprint density at radius 1 is 1.04 bits per heavy atom. The molecular formula is C21H29N3O. The molecule has 25 heavy (non-hydrogen) atoms. The number of aliphatic hydroxyl groups is 1. The van der Waals surface area contributed by atoms with Gasteiger partial charge in [-0.15, -0.1) is 0 Å². The zero-order valence-corrected chi connectivity index (χ0v) is 15.5. The van der Waals surface area contributed by atoms with Gasteiger partial charge in [-0.2, -0.15) is 0 Å². The van der Waals surface area contributed by atoms with Crippen molar-refractivity contribution in [1.82, 2.24) is 14.8 Å². The van der Waals surface area contributed by atoms with E-state index in [0.29, 0.717) is 12.6 Å². The first-order chi connectivity index (χ1) is 12.0. The van der Waals surface area contributed by atoms with E-state index in [1.807, 2.05) is 18.5 Å². The van der Waals surface area contributed by atoms with Crippen molar-refractivity contribution in [1.29, 1.82) is 0 Å². The highest BCUT2D eigenvalue weighted by Gasteiger charge is 2.23. The minimum atomic E-state index is -0.416. The van der Waals surface area contributed by atoms with E-state index in [1.165, 1.54) is 16.7 Å². The third-order valence-electron chi connectivity index (χ3n) is 5.18. The number of aromatic nitrogens is 1. The van der Waals surface area contributed by atoms with E-state index in [1.54, 1.807) is 0 Å². The zero-order valence-electron chi connectivity index (χ0n) is 15.5. The number of aryl methyl sites for hydroxylation is 2. The molecule has 0 saturated carbocycles. The van der Waals surface area contributed by atoms with Gasteiger partial charge in [-0.1, -0.05) is 35.4 Å². The molecule has 3 rings (SSSR count). The topological polar surface area (TPSA) is 39.6 Å². The molecule has 0 bridgehead atoms. The molecule has 1 aromatic heterocycles. The van der Waals surface area contributed by atoms with Crippen molar-refractivity contribution < 1.29 is 5.11 Å². The van der Waals surface area contributed by atoms with E-state index in [2.05, 4.69) is 59.8 Å². The van der Waals surface area contributed by atoms with Crippen molar-refractivity contribution in [3.05, 3.63) is 65.0 Å². The predicted molar refractivity (Wildman–Crippen MR) is 102 cm³/mol. The first-order valence-electron chi connectivity index (χ1n) is 9.15. The molecule has 0 aliphatic carbocycles. The summed E-state index contributed by atoms with van der Waals surface area (Å²) in [6.45, 7) is 11.2. The number of piperazine rings is 1. The molecule has 1 fully saturated rings. The van der Waals surface area contributed by atoms with Crippen LogP contribution >= 0.6 is 0 Å². The Morgan fingerprint density at radius 2 is 1.72 bits per heavy atom. The lowest BCUT2D eigenvalue weighted by atomic mass is 10.0. The lowest BCUT2D eigenvalue weighted by Crippen LogP contribution is -2.48. The van der Waals surface area contributed by atoms with Crippen LogP contribution < -0.4 is 0 Å². The number of aliphatic hydroxyl groups excluding tert-OH is 1. The Morgan fingerprint density at radius 3 is 2.32 bits per heavy atom. The van der Waals surface area contributed by atoms with Gasteiger partial charge >= 0.3 is 0 Å². The summed E-state index contributed by atoms with van der Waals surface area (Å²) in [5.74, 6) is 0. The summed E-state index contributed by atoms with van der Waals surface area (Å²) in [5, 5.41) is 10.6. The van der Waals surface area contributed by atoms with Crippen LogP contribution in [0, 0.1) is 13.8 Å². The molecule has 1 aliphatic rings. The van der Waals surface area contributed by atoms with Gasteiger partial charge in [-0.3, -0.25) is 14.8 Å². The van der Waals surface area contributed by atoms with E-state index in [9.17, 15) is 5.11 Å². The Labute approximate surface area is 151 Å². The van der Waals surface area contributed by atoms with Crippen LogP contribution in [0.2, 0.25) is 0 Å². The number of benzene rings is 1. The van der Waals surface area contributed by atoms with E-state index in [-0.39, 0.29) is 0 Å². The second kappa shape index (κ2) is 8.09. The normalized spacial score (nSPS) is 18.9. The SMILES string of the molecule is Cc1cc(C)cc(C(O)CN2CCN(C(C)c3cccnc3)CC2)c1. The second-order valence-electron chi connectivity index (χ2n) is 7.24. The maximum atomic E-state index is 10.6. The summed E-state index contributed by atoms with van der Waals surface area (Å²) in [6, 6.07) is 10.9. The minimum absolute atomic E-state index is 0.389. The number of β-amino-alcohol motifs (C(OH)–C–C–N with tert-alkyl or cyclic N) is 1. The minimum Gasteiger partial charge on any atom is -0.387 e. The largest absolute Gasteiger partial charge is 0.387 e. The number of hydrogen-bond acceptors (Lipinski definition) is 4. The fourth-order valence-corrected chi connectivity index (χ4v) is 3.72. The standard InChI is InChI=1S/C21H29N3O/c1-16-11-17(2)13-20(12-16)21(25)15-23-7-9-24(10-8-23)18(3)19-5-4-6-22-14-19/h4-6,11-14,18,21,25H,7-10,15H2,1-3H3. The first-order valence-corrected chi connectivity index (χ1v) is 9.15.